The summed E-state index contributed by atoms with van der Waals surface area (Å²) in [6, 6.07) is 6.10. The number of rotatable bonds is 9. The number of hydroxylamine groups is 2. The van der Waals surface area contributed by atoms with Crippen molar-refractivity contribution in [2.24, 2.45) is 5.92 Å². The molecule has 0 unspecified atom stereocenters. The summed E-state index contributed by atoms with van der Waals surface area (Å²) in [4.78, 5) is 37.8. The van der Waals surface area contributed by atoms with Crippen LogP contribution in [0.2, 0.25) is 5.02 Å². The van der Waals surface area contributed by atoms with Gasteiger partial charge in [-0.2, -0.15) is 0 Å². The monoisotopic (exact) mass is 393 g/mol. The first-order valence-corrected chi connectivity index (χ1v) is 9.29. The van der Waals surface area contributed by atoms with Crippen LogP contribution in [0.3, 0.4) is 0 Å². The highest BCUT2D eigenvalue weighted by Gasteiger charge is 2.34. The Bertz CT molecular complexity index is 710. The number of anilines is 1. The van der Waals surface area contributed by atoms with Crippen molar-refractivity contribution >= 4 is 35.5 Å². The molecule has 0 bridgehead atoms. The number of para-hydroxylation sites is 1. The van der Waals surface area contributed by atoms with E-state index in [1.165, 1.54) is 4.90 Å². The molecule has 0 radical (unpaired) electrons. The van der Waals surface area contributed by atoms with E-state index in [9.17, 15) is 19.6 Å². The van der Waals surface area contributed by atoms with Crippen LogP contribution in [-0.4, -0.2) is 52.5 Å². The summed E-state index contributed by atoms with van der Waals surface area (Å²) in [5.41, 5.74) is 0.474. The first-order valence-electron chi connectivity index (χ1n) is 8.91. The van der Waals surface area contributed by atoms with E-state index in [-0.39, 0.29) is 24.8 Å². The second-order valence-corrected chi connectivity index (χ2v) is 6.81. The van der Waals surface area contributed by atoms with Gasteiger partial charge >= 0.3 is 0 Å². The summed E-state index contributed by atoms with van der Waals surface area (Å²) in [6.45, 7) is 2.20. The maximum atomic E-state index is 13.0. The molecule has 0 saturated heterocycles. The van der Waals surface area contributed by atoms with Crippen LogP contribution in [0.4, 0.5) is 5.69 Å². The smallest absolute Gasteiger partial charge is 0.251 e. The van der Waals surface area contributed by atoms with Crippen molar-refractivity contribution in [1.82, 2.24) is 9.96 Å². The van der Waals surface area contributed by atoms with Gasteiger partial charge in [0, 0.05) is 6.54 Å². The third-order valence-electron chi connectivity index (χ3n) is 4.42. The maximum Gasteiger partial charge on any atom is 0.251 e. The fourth-order valence-corrected chi connectivity index (χ4v) is 3.18. The molecular weight excluding hydrogens is 370 g/mol. The van der Waals surface area contributed by atoms with Gasteiger partial charge in [0.25, 0.3) is 5.91 Å². The number of benzene rings is 1. The summed E-state index contributed by atoms with van der Waals surface area (Å²) in [5, 5.41) is 13.1. The second kappa shape index (κ2) is 10.1. The molecular formula is C19H24ClN3O4. The van der Waals surface area contributed by atoms with Crippen molar-refractivity contribution < 1.29 is 19.6 Å². The molecule has 0 aliphatic carbocycles. The van der Waals surface area contributed by atoms with Crippen LogP contribution in [-0.2, 0) is 14.4 Å². The number of halogens is 1. The number of hydrogen-bond acceptors (Lipinski definition) is 4. The average Bonchev–Trinajstić information content (AvgIpc) is 3.16. The Labute approximate surface area is 163 Å². The molecule has 2 N–H and O–H groups in total. The van der Waals surface area contributed by atoms with Gasteiger partial charge in [0.2, 0.25) is 12.3 Å². The first-order chi connectivity index (χ1) is 13.0. The van der Waals surface area contributed by atoms with Crippen LogP contribution in [0.5, 0.6) is 0 Å². The molecule has 146 valence electrons. The predicted octanol–water partition coefficient (Wildman–Crippen LogP) is 2.70. The molecule has 0 aromatic heterocycles. The zero-order valence-electron chi connectivity index (χ0n) is 15.2. The first kappa shape index (κ1) is 20.9. The van der Waals surface area contributed by atoms with Crippen LogP contribution in [0.25, 0.3) is 0 Å². The number of amides is 3. The standard InChI is InChI=1S/C19H24ClN3O4/c1-2-3-7-14(12-22(27)13-24)19(26)23-11-6-10-17(23)18(25)21-16-9-5-4-8-15(16)20/h4-6,8-10,13-14,17,27H,2-3,7,11-12H2,1H3,(H,21,25)/t14-,17+/m1/s1. The quantitative estimate of drug-likeness (QED) is 0.292. The van der Waals surface area contributed by atoms with Crippen molar-refractivity contribution in [2.45, 2.75) is 32.2 Å². The van der Waals surface area contributed by atoms with Gasteiger partial charge in [-0.15, -0.1) is 0 Å². The molecule has 8 heteroatoms. The number of nitrogens with zero attached hydrogens (tertiary/aromatic N) is 2. The van der Waals surface area contributed by atoms with Crippen LogP contribution in [0.15, 0.2) is 36.4 Å². The van der Waals surface area contributed by atoms with Crippen LogP contribution in [0.1, 0.15) is 26.2 Å². The molecule has 27 heavy (non-hydrogen) atoms. The predicted molar refractivity (Wildman–Crippen MR) is 102 cm³/mol. The van der Waals surface area contributed by atoms with Gasteiger partial charge in [-0.25, -0.2) is 5.06 Å². The van der Waals surface area contributed by atoms with Gasteiger partial charge in [0.05, 0.1) is 23.2 Å². The van der Waals surface area contributed by atoms with E-state index in [1.54, 1.807) is 36.4 Å². The average molecular weight is 394 g/mol. The molecule has 1 aromatic rings. The molecule has 0 fully saturated rings. The molecule has 1 aromatic carbocycles. The summed E-state index contributed by atoms with van der Waals surface area (Å²) in [7, 11) is 0. The third kappa shape index (κ3) is 5.55. The lowest BCUT2D eigenvalue weighted by molar-refractivity contribution is -0.157. The summed E-state index contributed by atoms with van der Waals surface area (Å²) in [5.74, 6) is -1.21. The largest absolute Gasteiger partial charge is 0.323 e. The van der Waals surface area contributed by atoms with Crippen LogP contribution in [0, 0.1) is 5.92 Å². The number of unbranched alkanes of at least 4 members (excludes halogenated alkanes) is 1. The minimum Gasteiger partial charge on any atom is -0.323 e. The third-order valence-corrected chi connectivity index (χ3v) is 4.75. The van der Waals surface area contributed by atoms with Gasteiger partial charge in [0.1, 0.15) is 6.04 Å². The molecule has 2 rings (SSSR count). The SMILES string of the molecule is CCCC[C@H](CN(O)C=O)C(=O)N1CC=C[C@H]1C(=O)Nc1ccccc1Cl. The van der Waals surface area contributed by atoms with E-state index in [2.05, 4.69) is 5.32 Å². The van der Waals surface area contributed by atoms with E-state index in [1.807, 2.05) is 6.92 Å². The van der Waals surface area contributed by atoms with Crippen molar-refractivity contribution in [1.29, 1.82) is 0 Å². The fraction of sp³-hybridized carbons (Fsp3) is 0.421. The lowest BCUT2D eigenvalue weighted by Crippen LogP contribution is -2.47. The van der Waals surface area contributed by atoms with Gasteiger partial charge in [-0.05, 0) is 18.6 Å². The summed E-state index contributed by atoms with van der Waals surface area (Å²) in [6.07, 6.45) is 5.87. The molecule has 7 nitrogen and oxygen atoms in total. The second-order valence-electron chi connectivity index (χ2n) is 6.40. The number of carbonyl (C=O) groups excluding carboxylic acids is 3. The lowest BCUT2D eigenvalue weighted by Gasteiger charge is -2.29. The van der Waals surface area contributed by atoms with E-state index in [0.717, 1.165) is 12.8 Å². The number of carbonyl (C=O) groups is 3. The molecule has 2 atom stereocenters. The van der Waals surface area contributed by atoms with Gasteiger partial charge < -0.3 is 10.2 Å². The van der Waals surface area contributed by atoms with E-state index in [0.29, 0.717) is 28.7 Å². The van der Waals surface area contributed by atoms with Crippen molar-refractivity contribution in [3.63, 3.8) is 0 Å². The molecule has 3 amide bonds. The lowest BCUT2D eigenvalue weighted by atomic mass is 9.99. The normalized spacial score (nSPS) is 16.9. The Hall–Kier alpha value is -2.38. The van der Waals surface area contributed by atoms with E-state index in [4.69, 9.17) is 11.6 Å². The highest BCUT2D eigenvalue weighted by Crippen LogP contribution is 2.23. The zero-order chi connectivity index (χ0) is 19.8. The molecule has 1 aliphatic heterocycles. The van der Waals surface area contributed by atoms with Crippen molar-refractivity contribution in [2.75, 3.05) is 18.4 Å². The number of hydrogen-bond donors (Lipinski definition) is 2. The van der Waals surface area contributed by atoms with Gasteiger partial charge in [0.15, 0.2) is 0 Å². The van der Waals surface area contributed by atoms with Gasteiger partial charge in [-0.3, -0.25) is 19.6 Å². The van der Waals surface area contributed by atoms with Crippen LogP contribution >= 0.6 is 11.6 Å². The van der Waals surface area contributed by atoms with Gasteiger partial charge in [-0.1, -0.05) is 55.7 Å². The minimum atomic E-state index is -0.763. The minimum absolute atomic E-state index is 0.0995. The highest BCUT2D eigenvalue weighted by atomic mass is 35.5. The highest BCUT2D eigenvalue weighted by molar-refractivity contribution is 6.33. The summed E-state index contributed by atoms with van der Waals surface area (Å²) >= 11 is 6.08. The molecule has 0 spiro atoms. The van der Waals surface area contributed by atoms with Crippen molar-refractivity contribution in [3.05, 3.63) is 41.4 Å². The Kier molecular flexibility index (Phi) is 7.82. The van der Waals surface area contributed by atoms with Crippen molar-refractivity contribution in [3.8, 4) is 0 Å². The molecule has 0 saturated carbocycles. The zero-order valence-corrected chi connectivity index (χ0v) is 15.9. The maximum absolute atomic E-state index is 13.0. The molecule has 1 aliphatic rings. The topological polar surface area (TPSA) is 90.0 Å². The Morgan fingerprint density at radius 1 is 1.44 bits per heavy atom. The fourth-order valence-electron chi connectivity index (χ4n) is 2.99. The number of nitrogens with one attached hydrogen (secondary N) is 1. The van der Waals surface area contributed by atoms with E-state index >= 15 is 0 Å². The Morgan fingerprint density at radius 2 is 2.19 bits per heavy atom. The Morgan fingerprint density at radius 3 is 2.85 bits per heavy atom. The molecule has 1 heterocycles. The van der Waals surface area contributed by atoms with E-state index < -0.39 is 12.0 Å². The summed E-state index contributed by atoms with van der Waals surface area (Å²) < 4.78 is 0. The van der Waals surface area contributed by atoms with Crippen LogP contribution < -0.4 is 5.32 Å². The Balaban J connectivity index is 2.10.